The zero-order chi connectivity index (χ0) is 20.5. The molecular formula is C21H20Cl2N4O2. The topological polar surface area (TPSA) is 89.5 Å². The van der Waals surface area contributed by atoms with Crippen LogP contribution in [0.5, 0.6) is 0 Å². The van der Waals surface area contributed by atoms with Gasteiger partial charge in [-0.1, -0.05) is 29.3 Å². The normalized spacial score (nSPS) is 17.1. The first-order valence-electron chi connectivity index (χ1n) is 9.38. The van der Waals surface area contributed by atoms with Gasteiger partial charge in [-0.15, -0.1) is 0 Å². The van der Waals surface area contributed by atoms with Gasteiger partial charge in [0, 0.05) is 52.2 Å². The zero-order valence-electron chi connectivity index (χ0n) is 15.6. The van der Waals surface area contributed by atoms with Crippen LogP contribution in [-0.2, 0) is 22.6 Å². The highest BCUT2D eigenvalue weighted by atomic mass is 35.5. The highest BCUT2D eigenvalue weighted by Crippen LogP contribution is 2.33. The molecule has 29 heavy (non-hydrogen) atoms. The Morgan fingerprint density at radius 1 is 1.28 bits per heavy atom. The molecule has 2 aromatic heterocycles. The van der Waals surface area contributed by atoms with E-state index >= 15 is 0 Å². The van der Waals surface area contributed by atoms with E-state index < -0.39 is 5.92 Å². The van der Waals surface area contributed by atoms with Crippen molar-refractivity contribution in [3.05, 3.63) is 58.0 Å². The van der Waals surface area contributed by atoms with Gasteiger partial charge >= 0.3 is 0 Å². The minimum Gasteiger partial charge on any atom is -0.326 e. The van der Waals surface area contributed by atoms with E-state index in [0.29, 0.717) is 35.2 Å². The van der Waals surface area contributed by atoms with Crippen LogP contribution in [0.2, 0.25) is 10.0 Å². The summed E-state index contributed by atoms with van der Waals surface area (Å²) in [5.74, 6) is -0.670. The van der Waals surface area contributed by atoms with Crippen LogP contribution < -0.4 is 11.1 Å². The number of nitrogens with two attached hydrogens (primary N) is 1. The molecule has 0 spiro atoms. The second-order valence-corrected chi connectivity index (χ2v) is 7.99. The lowest BCUT2D eigenvalue weighted by Crippen LogP contribution is -2.41. The van der Waals surface area contributed by atoms with Gasteiger partial charge < -0.3 is 15.5 Å². The number of fused-ring (bicyclic) bond motifs is 1. The predicted octanol–water partition coefficient (Wildman–Crippen LogP) is 3.06. The standard InChI is InChI=1S/C21H20Cl2N4O2/c22-13-1-2-15(18(23)6-13)17-11-27-14(9-26-21(27)5-12(17)8-24)7-19(28)16-3-4-25-10-20(16)29/h1-2,5-6,9,11,16,25H,3-4,7-8,10,24H2. The molecule has 3 heterocycles. The Hall–Kier alpha value is -2.25. The van der Waals surface area contributed by atoms with Crippen molar-refractivity contribution >= 4 is 40.4 Å². The van der Waals surface area contributed by atoms with Crippen molar-refractivity contribution in [3.8, 4) is 11.1 Å². The number of carbonyl (C=O) groups is 2. The SMILES string of the molecule is NCc1cc2ncc(CC(=O)C3CCNCC3=O)n2cc1-c1ccc(Cl)cc1Cl. The monoisotopic (exact) mass is 430 g/mol. The van der Waals surface area contributed by atoms with Gasteiger partial charge in [0.2, 0.25) is 0 Å². The maximum atomic E-state index is 12.7. The molecule has 3 aromatic rings. The van der Waals surface area contributed by atoms with E-state index in [0.717, 1.165) is 22.4 Å². The molecule has 1 saturated heterocycles. The molecule has 0 radical (unpaired) electrons. The largest absolute Gasteiger partial charge is 0.326 e. The molecule has 0 bridgehead atoms. The number of rotatable bonds is 5. The Kier molecular flexibility index (Phi) is 5.69. The Bertz CT molecular complexity index is 1110. The van der Waals surface area contributed by atoms with E-state index in [-0.39, 0.29) is 24.5 Å². The van der Waals surface area contributed by atoms with Gasteiger partial charge in [0.1, 0.15) is 11.4 Å². The first kappa shape index (κ1) is 20.0. The van der Waals surface area contributed by atoms with Gasteiger partial charge in [-0.2, -0.15) is 0 Å². The Balaban J connectivity index is 1.73. The van der Waals surface area contributed by atoms with Crippen LogP contribution in [-0.4, -0.2) is 34.0 Å². The number of nitrogens with zero attached hydrogens (tertiary/aromatic N) is 2. The summed E-state index contributed by atoms with van der Waals surface area (Å²) in [5, 5.41) is 4.07. The highest BCUT2D eigenvalue weighted by molar-refractivity contribution is 6.36. The summed E-state index contributed by atoms with van der Waals surface area (Å²) in [4.78, 5) is 29.2. The minimum absolute atomic E-state index is 0.0471. The first-order chi connectivity index (χ1) is 14.0. The Morgan fingerprint density at radius 2 is 2.10 bits per heavy atom. The third-order valence-electron chi connectivity index (χ3n) is 5.29. The number of nitrogens with one attached hydrogen (secondary N) is 1. The molecule has 150 valence electrons. The number of hydrogen-bond donors (Lipinski definition) is 2. The summed E-state index contributed by atoms with van der Waals surface area (Å²) in [6.07, 6.45) is 4.25. The molecule has 0 saturated carbocycles. The lowest BCUT2D eigenvalue weighted by atomic mass is 9.90. The summed E-state index contributed by atoms with van der Waals surface area (Å²) in [5.41, 5.74) is 9.92. The smallest absolute Gasteiger partial charge is 0.157 e. The summed E-state index contributed by atoms with van der Waals surface area (Å²) in [6, 6.07) is 7.20. The van der Waals surface area contributed by atoms with Crippen molar-refractivity contribution in [1.82, 2.24) is 14.7 Å². The second-order valence-electron chi connectivity index (χ2n) is 7.15. The first-order valence-corrected chi connectivity index (χ1v) is 10.1. The maximum Gasteiger partial charge on any atom is 0.157 e. The number of carbonyl (C=O) groups excluding carboxylic acids is 2. The van der Waals surface area contributed by atoms with Crippen LogP contribution in [0.25, 0.3) is 16.8 Å². The second kappa shape index (κ2) is 8.24. The average Bonchev–Trinajstić information content (AvgIpc) is 3.09. The molecule has 0 aliphatic carbocycles. The lowest BCUT2D eigenvalue weighted by molar-refractivity contribution is -0.133. The molecular weight excluding hydrogens is 411 g/mol. The van der Waals surface area contributed by atoms with Gasteiger partial charge in [-0.25, -0.2) is 4.98 Å². The van der Waals surface area contributed by atoms with E-state index in [4.69, 9.17) is 28.9 Å². The van der Waals surface area contributed by atoms with E-state index in [1.807, 2.05) is 22.7 Å². The third kappa shape index (κ3) is 3.94. The quantitative estimate of drug-likeness (QED) is 0.607. The van der Waals surface area contributed by atoms with Gasteiger partial charge in [0.05, 0.1) is 12.5 Å². The van der Waals surface area contributed by atoms with Gasteiger partial charge in [0.25, 0.3) is 0 Å². The summed E-state index contributed by atoms with van der Waals surface area (Å²) >= 11 is 12.4. The fourth-order valence-corrected chi connectivity index (χ4v) is 4.26. The zero-order valence-corrected chi connectivity index (χ0v) is 17.1. The number of hydrogen-bond acceptors (Lipinski definition) is 5. The molecule has 1 aromatic carbocycles. The van der Waals surface area contributed by atoms with E-state index in [2.05, 4.69) is 10.3 Å². The van der Waals surface area contributed by atoms with Gasteiger partial charge in [-0.05, 0) is 36.7 Å². The van der Waals surface area contributed by atoms with Gasteiger partial charge in [-0.3, -0.25) is 9.59 Å². The molecule has 1 unspecified atom stereocenters. The Labute approximate surface area is 178 Å². The van der Waals surface area contributed by atoms with E-state index in [1.54, 1.807) is 18.3 Å². The summed E-state index contributed by atoms with van der Waals surface area (Å²) in [7, 11) is 0. The number of ketones is 2. The Morgan fingerprint density at radius 3 is 2.83 bits per heavy atom. The predicted molar refractivity (Wildman–Crippen MR) is 113 cm³/mol. The number of piperidine rings is 1. The average molecular weight is 431 g/mol. The van der Waals surface area contributed by atoms with Crippen LogP contribution in [0.4, 0.5) is 0 Å². The van der Waals surface area contributed by atoms with E-state index in [1.165, 1.54) is 0 Å². The number of Topliss-reactive ketones (excluding diaryl/α,β-unsaturated/α-hetero) is 2. The summed E-state index contributed by atoms with van der Waals surface area (Å²) in [6.45, 7) is 1.24. The summed E-state index contributed by atoms with van der Waals surface area (Å²) < 4.78 is 1.86. The fourth-order valence-electron chi connectivity index (χ4n) is 3.75. The molecule has 4 rings (SSSR count). The number of imidazole rings is 1. The van der Waals surface area contributed by atoms with Crippen LogP contribution in [0.3, 0.4) is 0 Å². The van der Waals surface area contributed by atoms with Crippen molar-refractivity contribution in [2.24, 2.45) is 11.7 Å². The number of benzene rings is 1. The van der Waals surface area contributed by atoms with Crippen molar-refractivity contribution in [2.45, 2.75) is 19.4 Å². The van der Waals surface area contributed by atoms with Gasteiger partial charge in [0.15, 0.2) is 5.78 Å². The van der Waals surface area contributed by atoms with Crippen molar-refractivity contribution in [2.75, 3.05) is 13.1 Å². The molecule has 3 N–H and O–H groups in total. The van der Waals surface area contributed by atoms with Crippen LogP contribution in [0.15, 0.2) is 36.7 Å². The minimum atomic E-state index is -0.546. The maximum absolute atomic E-state index is 12.7. The number of aromatic nitrogens is 2. The lowest BCUT2D eigenvalue weighted by Gasteiger charge is -2.20. The molecule has 1 atom stereocenters. The third-order valence-corrected chi connectivity index (χ3v) is 5.84. The van der Waals surface area contributed by atoms with Crippen LogP contribution >= 0.6 is 23.2 Å². The number of pyridine rings is 1. The van der Waals surface area contributed by atoms with E-state index in [9.17, 15) is 9.59 Å². The van der Waals surface area contributed by atoms with Crippen molar-refractivity contribution in [3.63, 3.8) is 0 Å². The fraction of sp³-hybridized carbons (Fsp3) is 0.286. The van der Waals surface area contributed by atoms with Crippen molar-refractivity contribution < 1.29 is 9.59 Å². The molecule has 8 heteroatoms. The molecule has 6 nitrogen and oxygen atoms in total. The molecule has 1 aliphatic heterocycles. The van der Waals surface area contributed by atoms with Crippen molar-refractivity contribution in [1.29, 1.82) is 0 Å². The molecule has 1 fully saturated rings. The molecule has 1 aliphatic rings. The van der Waals surface area contributed by atoms with Crippen LogP contribution in [0, 0.1) is 5.92 Å². The van der Waals surface area contributed by atoms with Crippen LogP contribution in [0.1, 0.15) is 17.7 Å². The highest BCUT2D eigenvalue weighted by Gasteiger charge is 2.29. The molecule has 0 amide bonds. The number of halogens is 2.